The number of hydrogen-bond acceptors (Lipinski definition) is 5. The first-order chi connectivity index (χ1) is 15.5. The molecule has 168 valence electrons. The first kappa shape index (κ1) is 22.2. The minimum atomic E-state index is -3.72. The zero-order chi connectivity index (χ0) is 22.4. The summed E-state index contributed by atoms with van der Waals surface area (Å²) >= 11 is 0. The van der Waals surface area contributed by atoms with E-state index in [1.165, 1.54) is 12.1 Å². The van der Waals surface area contributed by atoms with Crippen molar-refractivity contribution in [2.75, 3.05) is 13.2 Å². The summed E-state index contributed by atoms with van der Waals surface area (Å²) in [6, 6.07) is 15.8. The van der Waals surface area contributed by atoms with Crippen molar-refractivity contribution >= 4 is 15.9 Å². The Labute approximate surface area is 187 Å². The van der Waals surface area contributed by atoms with Crippen LogP contribution >= 0.6 is 0 Å². The summed E-state index contributed by atoms with van der Waals surface area (Å²) in [6.45, 7) is 1.87. The lowest BCUT2D eigenvalue weighted by Gasteiger charge is -2.12. The molecule has 3 aromatic rings. The Morgan fingerprint density at radius 1 is 1.12 bits per heavy atom. The molecule has 2 aromatic carbocycles. The lowest BCUT2D eigenvalue weighted by atomic mass is 10.1. The molecule has 0 saturated carbocycles. The highest BCUT2D eigenvalue weighted by Gasteiger charge is 2.21. The van der Waals surface area contributed by atoms with Gasteiger partial charge in [0.25, 0.3) is 5.91 Å². The van der Waals surface area contributed by atoms with Gasteiger partial charge in [-0.2, -0.15) is 5.10 Å². The van der Waals surface area contributed by atoms with Crippen LogP contribution < -0.4 is 10.0 Å². The molecule has 1 aliphatic rings. The number of sulfonamides is 1. The molecule has 1 amide bonds. The van der Waals surface area contributed by atoms with Crippen LogP contribution in [0.15, 0.2) is 71.9 Å². The van der Waals surface area contributed by atoms with Crippen molar-refractivity contribution in [1.82, 2.24) is 19.8 Å². The fourth-order valence-corrected chi connectivity index (χ4v) is 4.71. The van der Waals surface area contributed by atoms with Gasteiger partial charge in [0.15, 0.2) is 0 Å². The van der Waals surface area contributed by atoms with E-state index < -0.39 is 10.0 Å². The molecule has 1 aromatic heterocycles. The molecule has 2 N–H and O–H groups in total. The Balaban J connectivity index is 1.36. The molecule has 32 heavy (non-hydrogen) atoms. The van der Waals surface area contributed by atoms with Crippen molar-refractivity contribution in [1.29, 1.82) is 0 Å². The van der Waals surface area contributed by atoms with Gasteiger partial charge in [0.2, 0.25) is 10.0 Å². The van der Waals surface area contributed by atoms with Crippen LogP contribution in [-0.4, -0.2) is 43.4 Å². The third kappa shape index (κ3) is 5.82. The lowest BCUT2D eigenvalue weighted by Crippen LogP contribution is -2.32. The van der Waals surface area contributed by atoms with Crippen LogP contribution in [0.3, 0.4) is 0 Å². The van der Waals surface area contributed by atoms with Gasteiger partial charge < -0.3 is 10.1 Å². The summed E-state index contributed by atoms with van der Waals surface area (Å²) in [7, 11) is -3.72. The third-order valence-corrected chi connectivity index (χ3v) is 6.70. The van der Waals surface area contributed by atoms with Crippen LogP contribution in [0.2, 0.25) is 0 Å². The number of benzene rings is 2. The van der Waals surface area contributed by atoms with E-state index in [4.69, 9.17) is 4.74 Å². The van der Waals surface area contributed by atoms with E-state index in [0.29, 0.717) is 19.7 Å². The number of carbonyl (C=O) groups is 1. The molecule has 1 saturated heterocycles. The Morgan fingerprint density at radius 2 is 1.97 bits per heavy atom. The standard InChI is InChI=1S/C23H26N4O4S/c28-23(24-15-18-5-1-6-19(13-18)17-27-11-4-10-25-27)20-7-2-9-22(14-20)32(29,30)26-16-21-8-3-12-31-21/h1-2,4-7,9-11,13-14,21,26H,3,8,12,15-17H2,(H,24,28). The molecular weight excluding hydrogens is 428 g/mol. The molecule has 1 fully saturated rings. The Hall–Kier alpha value is -3.01. The number of carbonyl (C=O) groups excluding carboxylic acids is 1. The van der Waals surface area contributed by atoms with Gasteiger partial charge in [0, 0.05) is 37.7 Å². The van der Waals surface area contributed by atoms with Crippen LogP contribution in [0.1, 0.15) is 34.3 Å². The number of rotatable bonds is 9. The van der Waals surface area contributed by atoms with Crippen LogP contribution in [0.4, 0.5) is 0 Å². The number of nitrogens with one attached hydrogen (secondary N) is 2. The number of aromatic nitrogens is 2. The molecular formula is C23H26N4O4S. The van der Waals surface area contributed by atoms with Gasteiger partial charge in [-0.05, 0) is 48.2 Å². The van der Waals surface area contributed by atoms with Crippen molar-refractivity contribution in [3.8, 4) is 0 Å². The second-order valence-corrected chi connectivity index (χ2v) is 9.49. The van der Waals surface area contributed by atoms with Crippen molar-refractivity contribution in [2.24, 2.45) is 0 Å². The second-order valence-electron chi connectivity index (χ2n) is 7.72. The molecule has 1 atom stereocenters. The first-order valence-corrected chi connectivity index (χ1v) is 12.0. The SMILES string of the molecule is O=C(NCc1cccc(Cn2cccn2)c1)c1cccc(S(=O)(=O)NCC2CCCO2)c1. The van der Waals surface area contributed by atoms with Gasteiger partial charge in [0.1, 0.15) is 0 Å². The molecule has 1 aliphatic heterocycles. The largest absolute Gasteiger partial charge is 0.377 e. The molecule has 1 unspecified atom stereocenters. The van der Waals surface area contributed by atoms with E-state index in [1.54, 1.807) is 18.3 Å². The van der Waals surface area contributed by atoms with Gasteiger partial charge in [-0.15, -0.1) is 0 Å². The zero-order valence-electron chi connectivity index (χ0n) is 17.6. The number of amides is 1. The van der Waals surface area contributed by atoms with E-state index in [9.17, 15) is 13.2 Å². The molecule has 0 radical (unpaired) electrons. The van der Waals surface area contributed by atoms with Crippen LogP contribution in [-0.2, 0) is 27.8 Å². The highest BCUT2D eigenvalue weighted by molar-refractivity contribution is 7.89. The predicted molar refractivity (Wildman–Crippen MR) is 120 cm³/mol. The van der Waals surface area contributed by atoms with Crippen LogP contribution in [0, 0.1) is 0 Å². The normalized spacial score (nSPS) is 16.2. The average Bonchev–Trinajstić information content (AvgIpc) is 3.51. The quantitative estimate of drug-likeness (QED) is 0.517. The molecule has 2 heterocycles. The van der Waals surface area contributed by atoms with E-state index in [2.05, 4.69) is 15.1 Å². The fourth-order valence-electron chi connectivity index (χ4n) is 3.60. The Morgan fingerprint density at radius 3 is 2.75 bits per heavy atom. The minimum Gasteiger partial charge on any atom is -0.377 e. The van der Waals surface area contributed by atoms with Gasteiger partial charge in [-0.3, -0.25) is 9.48 Å². The summed E-state index contributed by atoms with van der Waals surface area (Å²) in [4.78, 5) is 12.7. The molecule has 0 aliphatic carbocycles. The molecule has 8 nitrogen and oxygen atoms in total. The van der Waals surface area contributed by atoms with Crippen LogP contribution in [0.25, 0.3) is 0 Å². The smallest absolute Gasteiger partial charge is 0.251 e. The zero-order valence-corrected chi connectivity index (χ0v) is 18.4. The molecule has 9 heteroatoms. The summed E-state index contributed by atoms with van der Waals surface area (Å²) in [5, 5.41) is 7.06. The van der Waals surface area contributed by atoms with Gasteiger partial charge in [-0.1, -0.05) is 30.3 Å². The Kier molecular flexibility index (Phi) is 6.99. The number of hydrogen-bond donors (Lipinski definition) is 2. The topological polar surface area (TPSA) is 102 Å². The van der Waals surface area contributed by atoms with Crippen molar-refractivity contribution in [2.45, 2.75) is 36.9 Å². The average molecular weight is 455 g/mol. The lowest BCUT2D eigenvalue weighted by molar-refractivity contribution is 0.0950. The summed E-state index contributed by atoms with van der Waals surface area (Å²) in [6.07, 6.45) is 5.31. The first-order valence-electron chi connectivity index (χ1n) is 10.5. The third-order valence-electron chi connectivity index (χ3n) is 5.28. The van der Waals surface area contributed by atoms with Crippen molar-refractivity contribution in [3.63, 3.8) is 0 Å². The minimum absolute atomic E-state index is 0.0596. The predicted octanol–water partition coefficient (Wildman–Crippen LogP) is 2.32. The maximum absolute atomic E-state index is 12.6. The summed E-state index contributed by atoms with van der Waals surface area (Å²) in [5.41, 5.74) is 2.31. The van der Waals surface area contributed by atoms with Crippen LogP contribution in [0.5, 0.6) is 0 Å². The van der Waals surface area contributed by atoms with Gasteiger partial charge >= 0.3 is 0 Å². The highest BCUT2D eigenvalue weighted by atomic mass is 32.2. The van der Waals surface area contributed by atoms with E-state index in [1.807, 2.05) is 41.2 Å². The van der Waals surface area contributed by atoms with Gasteiger partial charge in [-0.25, -0.2) is 13.1 Å². The Bertz CT molecular complexity index is 1160. The van der Waals surface area contributed by atoms with E-state index in [-0.39, 0.29) is 29.0 Å². The van der Waals surface area contributed by atoms with Gasteiger partial charge in [0.05, 0.1) is 17.5 Å². The number of ether oxygens (including phenoxy) is 1. The fraction of sp³-hybridized carbons (Fsp3) is 0.304. The maximum Gasteiger partial charge on any atom is 0.251 e. The second kappa shape index (κ2) is 10.1. The summed E-state index contributed by atoms with van der Waals surface area (Å²) < 4.78 is 35.1. The highest BCUT2D eigenvalue weighted by Crippen LogP contribution is 2.15. The maximum atomic E-state index is 12.6. The summed E-state index contributed by atoms with van der Waals surface area (Å²) in [5.74, 6) is -0.335. The number of nitrogens with zero attached hydrogens (tertiary/aromatic N) is 2. The monoisotopic (exact) mass is 454 g/mol. The van der Waals surface area contributed by atoms with Crippen molar-refractivity contribution in [3.05, 3.63) is 83.7 Å². The van der Waals surface area contributed by atoms with Crippen molar-refractivity contribution < 1.29 is 17.9 Å². The molecule has 0 bridgehead atoms. The van der Waals surface area contributed by atoms with E-state index in [0.717, 1.165) is 24.0 Å². The molecule has 0 spiro atoms. The van der Waals surface area contributed by atoms with E-state index >= 15 is 0 Å². The molecule has 4 rings (SSSR count).